The Bertz CT molecular complexity index is 391. The summed E-state index contributed by atoms with van der Waals surface area (Å²) in [5, 5.41) is 0. The number of phosphoric ester groups is 2. The van der Waals surface area contributed by atoms with E-state index in [0.29, 0.717) is 13.1 Å². The van der Waals surface area contributed by atoms with Crippen molar-refractivity contribution >= 4 is 15.6 Å². The molecule has 26 heavy (non-hydrogen) atoms. The summed E-state index contributed by atoms with van der Waals surface area (Å²) in [6.45, 7) is 2.77. The van der Waals surface area contributed by atoms with Gasteiger partial charge in [-0.3, -0.25) is 32.0 Å². The van der Waals surface area contributed by atoms with Crippen molar-refractivity contribution in [2.45, 2.75) is 19.3 Å². The molecule has 10 nitrogen and oxygen atoms in total. The molecule has 0 aromatic rings. The molecule has 0 heterocycles. The van der Waals surface area contributed by atoms with E-state index in [2.05, 4.69) is 0 Å². The molecule has 0 saturated carbocycles. The molecule has 0 aliphatic carbocycles. The molecule has 0 spiro atoms. The van der Waals surface area contributed by atoms with Crippen LogP contribution in [-0.2, 0) is 41.0 Å². The minimum Gasteiger partial charge on any atom is -0.385 e. The van der Waals surface area contributed by atoms with Crippen molar-refractivity contribution in [3.8, 4) is 0 Å². The minimum absolute atomic E-state index is 0.156. The number of rotatable bonds is 18. The molecule has 0 unspecified atom stereocenters. The molecule has 0 radical (unpaired) electrons. The van der Waals surface area contributed by atoms with Crippen molar-refractivity contribution in [2.75, 3.05) is 75.0 Å². The Balaban J connectivity index is 4.40. The molecular formula is C14H33NO9P2. The fourth-order valence-corrected chi connectivity index (χ4v) is 3.35. The highest BCUT2D eigenvalue weighted by Crippen LogP contribution is 2.48. The van der Waals surface area contributed by atoms with Gasteiger partial charge in [0.25, 0.3) is 0 Å². The van der Waals surface area contributed by atoms with Gasteiger partial charge in [0.2, 0.25) is 0 Å². The fourth-order valence-electron chi connectivity index (χ4n) is 2.02. The van der Waals surface area contributed by atoms with Crippen molar-refractivity contribution in [1.82, 2.24) is 4.90 Å². The van der Waals surface area contributed by atoms with Gasteiger partial charge in [-0.05, 0) is 25.8 Å². The highest BCUT2D eigenvalue weighted by atomic mass is 31.2. The predicted octanol–water partition coefficient (Wildman–Crippen LogP) is 2.94. The number of hydrogen-bond acceptors (Lipinski definition) is 10. The van der Waals surface area contributed by atoms with Gasteiger partial charge in [0.15, 0.2) is 0 Å². The Morgan fingerprint density at radius 1 is 0.615 bits per heavy atom. The van der Waals surface area contributed by atoms with Crippen LogP contribution in [0.3, 0.4) is 0 Å². The van der Waals surface area contributed by atoms with E-state index < -0.39 is 15.6 Å². The second kappa shape index (κ2) is 15.1. The van der Waals surface area contributed by atoms with Crippen LogP contribution in [0.1, 0.15) is 19.3 Å². The largest absolute Gasteiger partial charge is 0.474 e. The molecule has 0 aliphatic rings. The van der Waals surface area contributed by atoms with Crippen LogP contribution >= 0.6 is 15.6 Å². The third-order valence-electron chi connectivity index (χ3n) is 3.53. The number of phosphoric acid groups is 2. The summed E-state index contributed by atoms with van der Waals surface area (Å²) in [4.78, 5) is 2.04. The third kappa shape index (κ3) is 11.8. The van der Waals surface area contributed by atoms with E-state index in [1.165, 1.54) is 28.4 Å². The third-order valence-corrected chi connectivity index (χ3v) is 6.32. The van der Waals surface area contributed by atoms with Gasteiger partial charge in [-0.25, -0.2) is 9.13 Å². The number of ether oxygens (including phenoxy) is 1. The number of nitrogens with zero attached hydrogens (tertiary/aromatic N) is 1. The first-order valence-corrected chi connectivity index (χ1v) is 11.2. The molecule has 12 heteroatoms. The lowest BCUT2D eigenvalue weighted by atomic mass is 10.2. The van der Waals surface area contributed by atoms with Crippen molar-refractivity contribution in [3.05, 3.63) is 0 Å². The maximum atomic E-state index is 11.9. The van der Waals surface area contributed by atoms with Gasteiger partial charge in [-0.2, -0.15) is 0 Å². The summed E-state index contributed by atoms with van der Waals surface area (Å²) in [7, 11) is -0.273. The number of hydrogen-bond donors (Lipinski definition) is 0. The standard InChI is InChI=1S/C14H33NO9P2/c1-18-12-8-6-7-9-15(10-13-23-25(16,19-2)20-3)11-14-24-26(17,21-4)22-5/h6-14H2,1-5H3. The summed E-state index contributed by atoms with van der Waals surface area (Å²) in [6.07, 6.45) is 2.93. The van der Waals surface area contributed by atoms with E-state index in [9.17, 15) is 9.13 Å². The predicted molar refractivity (Wildman–Crippen MR) is 97.3 cm³/mol. The summed E-state index contributed by atoms with van der Waals surface area (Å²) in [5.74, 6) is 0. The molecule has 0 atom stereocenters. The van der Waals surface area contributed by atoms with E-state index >= 15 is 0 Å². The zero-order valence-corrected chi connectivity index (χ0v) is 18.2. The Morgan fingerprint density at radius 2 is 1.08 bits per heavy atom. The van der Waals surface area contributed by atoms with Crippen LogP contribution < -0.4 is 0 Å². The van der Waals surface area contributed by atoms with E-state index in [0.717, 1.165) is 32.4 Å². The van der Waals surface area contributed by atoms with E-state index in [-0.39, 0.29) is 13.2 Å². The molecule has 0 bridgehead atoms. The summed E-state index contributed by atoms with van der Waals surface area (Å²) < 4.78 is 58.1. The molecule has 0 aliphatic heterocycles. The van der Waals surface area contributed by atoms with Crippen molar-refractivity contribution < 1.29 is 41.0 Å². The second-order valence-electron chi connectivity index (χ2n) is 5.19. The lowest BCUT2D eigenvalue weighted by Gasteiger charge is -2.23. The SMILES string of the molecule is COCCCCCN(CCOP(=O)(OC)OC)CCOP(=O)(OC)OC. The van der Waals surface area contributed by atoms with Gasteiger partial charge < -0.3 is 4.74 Å². The quantitative estimate of drug-likeness (QED) is 0.242. The monoisotopic (exact) mass is 421 g/mol. The summed E-state index contributed by atoms with van der Waals surface area (Å²) in [5.41, 5.74) is 0. The Morgan fingerprint density at radius 3 is 1.46 bits per heavy atom. The van der Waals surface area contributed by atoms with Crippen molar-refractivity contribution in [2.24, 2.45) is 0 Å². The molecule has 0 fully saturated rings. The summed E-state index contributed by atoms with van der Waals surface area (Å²) >= 11 is 0. The highest BCUT2D eigenvalue weighted by molar-refractivity contribution is 7.48. The fraction of sp³-hybridized carbons (Fsp3) is 1.00. The first kappa shape index (κ1) is 26.1. The van der Waals surface area contributed by atoms with E-state index in [1.54, 1.807) is 7.11 Å². The van der Waals surface area contributed by atoms with Crippen LogP contribution in [0.15, 0.2) is 0 Å². The van der Waals surface area contributed by atoms with E-state index in [4.69, 9.17) is 31.9 Å². The highest BCUT2D eigenvalue weighted by Gasteiger charge is 2.24. The maximum Gasteiger partial charge on any atom is 0.474 e. The van der Waals surface area contributed by atoms with Gasteiger partial charge in [0.05, 0.1) is 13.2 Å². The molecule has 0 aromatic carbocycles. The first-order valence-electron chi connectivity index (χ1n) is 8.32. The van der Waals surface area contributed by atoms with Crippen LogP contribution in [-0.4, -0.2) is 79.9 Å². The van der Waals surface area contributed by atoms with Crippen molar-refractivity contribution in [3.63, 3.8) is 0 Å². The molecule has 0 N–H and O–H groups in total. The minimum atomic E-state index is -3.50. The average Bonchev–Trinajstić information content (AvgIpc) is 2.66. The molecular weight excluding hydrogens is 388 g/mol. The van der Waals surface area contributed by atoms with Crippen LogP contribution in [0, 0.1) is 0 Å². The van der Waals surface area contributed by atoms with Gasteiger partial charge in [-0.15, -0.1) is 0 Å². The molecule has 0 saturated heterocycles. The molecule has 0 rings (SSSR count). The number of unbranched alkanes of at least 4 members (excludes halogenated alkanes) is 2. The molecule has 158 valence electrons. The van der Waals surface area contributed by atoms with Crippen molar-refractivity contribution in [1.29, 1.82) is 0 Å². The van der Waals surface area contributed by atoms with Crippen LogP contribution in [0.25, 0.3) is 0 Å². The Hall–Kier alpha value is 0.140. The smallest absolute Gasteiger partial charge is 0.385 e. The van der Waals surface area contributed by atoms with Gasteiger partial charge in [0, 0.05) is 55.2 Å². The summed E-state index contributed by atoms with van der Waals surface area (Å²) in [6, 6.07) is 0. The zero-order chi connectivity index (χ0) is 19.9. The first-order chi connectivity index (χ1) is 12.4. The molecule has 0 amide bonds. The lowest BCUT2D eigenvalue weighted by Crippen LogP contribution is -2.32. The van der Waals surface area contributed by atoms with Gasteiger partial charge in [0.1, 0.15) is 0 Å². The lowest BCUT2D eigenvalue weighted by molar-refractivity contribution is 0.111. The zero-order valence-electron chi connectivity index (χ0n) is 16.4. The van der Waals surface area contributed by atoms with Gasteiger partial charge >= 0.3 is 15.6 Å². The van der Waals surface area contributed by atoms with Crippen LogP contribution in [0.4, 0.5) is 0 Å². The Kier molecular flexibility index (Phi) is 15.2. The van der Waals surface area contributed by atoms with Crippen LogP contribution in [0.5, 0.6) is 0 Å². The molecule has 0 aromatic heterocycles. The normalized spacial score (nSPS) is 12.8. The maximum absolute atomic E-state index is 11.9. The van der Waals surface area contributed by atoms with Gasteiger partial charge in [-0.1, -0.05) is 0 Å². The number of methoxy groups -OCH3 is 1. The van der Waals surface area contributed by atoms with Crippen LogP contribution in [0.2, 0.25) is 0 Å². The topological polar surface area (TPSA) is 102 Å². The average molecular weight is 421 g/mol. The Labute approximate surface area is 156 Å². The van der Waals surface area contributed by atoms with E-state index in [1.807, 2.05) is 4.90 Å². The second-order valence-corrected chi connectivity index (χ2v) is 8.95.